The molecule has 7 heteroatoms. The number of carbonyl (C=O) groups excluding carboxylic acids is 1. The third-order valence-corrected chi connectivity index (χ3v) is 5.69. The molecule has 3 aromatic rings. The molecule has 138 valence electrons. The minimum atomic E-state index is -1.15. The van der Waals surface area contributed by atoms with Gasteiger partial charge in [0, 0.05) is 11.6 Å². The summed E-state index contributed by atoms with van der Waals surface area (Å²) in [4.78, 5) is 30.7. The van der Waals surface area contributed by atoms with Crippen molar-refractivity contribution in [2.75, 3.05) is 0 Å². The molecule has 0 radical (unpaired) electrons. The summed E-state index contributed by atoms with van der Waals surface area (Å²) < 4.78 is 0.231. The first-order chi connectivity index (χ1) is 13.5. The first-order valence-electron chi connectivity index (χ1n) is 8.44. The Morgan fingerprint density at radius 2 is 1.93 bits per heavy atom. The van der Waals surface area contributed by atoms with Crippen LogP contribution in [0.3, 0.4) is 0 Å². The van der Waals surface area contributed by atoms with E-state index in [1.807, 2.05) is 30.3 Å². The Kier molecular flexibility index (Phi) is 4.93. The Balaban J connectivity index is 1.69. The maximum absolute atomic E-state index is 13.0. The highest BCUT2D eigenvalue weighted by Crippen LogP contribution is 2.38. The van der Waals surface area contributed by atoms with E-state index in [9.17, 15) is 14.7 Å². The molecule has 0 aliphatic carbocycles. The molecular formula is C21H14N2O3S2. The summed E-state index contributed by atoms with van der Waals surface area (Å²) in [5.74, 6) is -1.53. The Morgan fingerprint density at radius 1 is 1.14 bits per heavy atom. The zero-order chi connectivity index (χ0) is 19.7. The number of thiocarbonyl (C=S) groups is 1. The van der Waals surface area contributed by atoms with Gasteiger partial charge in [-0.1, -0.05) is 66.4 Å². The number of aromatic nitrogens is 1. The van der Waals surface area contributed by atoms with Crippen molar-refractivity contribution in [2.45, 2.75) is 6.04 Å². The number of thioether (sulfide) groups is 1. The summed E-state index contributed by atoms with van der Waals surface area (Å²) in [7, 11) is 0. The largest absolute Gasteiger partial charge is 0.479 e. The topological polar surface area (TPSA) is 70.5 Å². The molecular weight excluding hydrogens is 392 g/mol. The minimum Gasteiger partial charge on any atom is -0.479 e. The summed E-state index contributed by atoms with van der Waals surface area (Å²) in [5.41, 5.74) is 2.19. The second-order valence-corrected chi connectivity index (χ2v) is 7.83. The summed E-state index contributed by atoms with van der Waals surface area (Å²) in [6.07, 6.45) is 3.46. The number of carbonyl (C=O) groups is 2. The van der Waals surface area contributed by atoms with Gasteiger partial charge < -0.3 is 5.11 Å². The SMILES string of the molecule is O=C(O)[C@H](c1ccccc1)N1C(=O)/C(=C/c2ccc3ncccc3c2)SC1=S. The molecule has 1 aliphatic rings. The molecule has 4 rings (SSSR count). The Labute approximate surface area is 170 Å². The lowest BCUT2D eigenvalue weighted by Gasteiger charge is -2.23. The van der Waals surface area contributed by atoms with Crippen LogP contribution in [-0.2, 0) is 9.59 Å². The molecule has 2 aromatic carbocycles. The molecule has 1 fully saturated rings. The van der Waals surface area contributed by atoms with Crippen molar-refractivity contribution in [2.24, 2.45) is 0 Å². The van der Waals surface area contributed by atoms with Gasteiger partial charge in [0.15, 0.2) is 6.04 Å². The zero-order valence-corrected chi connectivity index (χ0v) is 16.1. The standard InChI is InChI=1S/C21H14N2O3S2/c24-19-17(12-13-8-9-16-15(11-13)7-4-10-22-16)28-21(27)23(19)18(20(25)26)14-5-2-1-3-6-14/h1-12,18H,(H,25,26)/b17-12-/t18-/m0/s1. The number of hydrogen-bond acceptors (Lipinski definition) is 5. The van der Waals surface area contributed by atoms with Crippen molar-refractivity contribution >= 4 is 57.2 Å². The quantitative estimate of drug-likeness (QED) is 0.516. The third-order valence-electron chi connectivity index (χ3n) is 4.36. The fraction of sp³-hybridized carbons (Fsp3) is 0.0476. The van der Waals surface area contributed by atoms with E-state index in [1.165, 1.54) is 4.90 Å². The van der Waals surface area contributed by atoms with Crippen LogP contribution >= 0.6 is 24.0 Å². The van der Waals surface area contributed by atoms with Crippen molar-refractivity contribution in [3.8, 4) is 0 Å². The zero-order valence-electron chi connectivity index (χ0n) is 14.5. The van der Waals surface area contributed by atoms with Crippen molar-refractivity contribution in [3.63, 3.8) is 0 Å². The molecule has 0 spiro atoms. The number of aliphatic carboxylic acids is 1. The average molecular weight is 406 g/mol. The molecule has 1 N–H and O–H groups in total. The summed E-state index contributed by atoms with van der Waals surface area (Å²) >= 11 is 6.45. The normalized spacial score (nSPS) is 16.7. The van der Waals surface area contributed by atoms with Gasteiger partial charge in [-0.25, -0.2) is 4.79 Å². The number of pyridine rings is 1. The number of hydrogen-bond donors (Lipinski definition) is 1. The lowest BCUT2D eigenvalue weighted by atomic mass is 10.1. The minimum absolute atomic E-state index is 0.231. The second-order valence-electron chi connectivity index (χ2n) is 6.16. The fourth-order valence-electron chi connectivity index (χ4n) is 3.08. The molecule has 5 nitrogen and oxygen atoms in total. The molecule has 1 aliphatic heterocycles. The van der Waals surface area contributed by atoms with E-state index in [4.69, 9.17) is 12.2 Å². The van der Waals surface area contributed by atoms with Gasteiger partial charge in [-0.15, -0.1) is 0 Å². The Bertz CT molecular complexity index is 1130. The molecule has 2 heterocycles. The molecule has 0 bridgehead atoms. The molecule has 1 aromatic heterocycles. The van der Waals surface area contributed by atoms with Crippen molar-refractivity contribution in [1.82, 2.24) is 9.88 Å². The highest BCUT2D eigenvalue weighted by Gasteiger charge is 2.41. The predicted octanol–water partition coefficient (Wildman–Crippen LogP) is 4.26. The smallest absolute Gasteiger partial charge is 0.331 e. The summed E-state index contributed by atoms with van der Waals surface area (Å²) in [6.45, 7) is 0. The van der Waals surface area contributed by atoms with Gasteiger partial charge in [-0.2, -0.15) is 0 Å². The lowest BCUT2D eigenvalue weighted by Crippen LogP contribution is -2.37. The van der Waals surface area contributed by atoms with Gasteiger partial charge in [0.05, 0.1) is 10.4 Å². The Hall–Kier alpha value is -3.03. The van der Waals surface area contributed by atoms with Gasteiger partial charge >= 0.3 is 5.97 Å². The number of amides is 1. The highest BCUT2D eigenvalue weighted by atomic mass is 32.2. The van der Waals surface area contributed by atoms with Crippen LogP contribution in [-0.4, -0.2) is 31.2 Å². The predicted molar refractivity (Wildman–Crippen MR) is 114 cm³/mol. The number of carboxylic acid groups (broad SMARTS) is 1. The monoisotopic (exact) mass is 406 g/mol. The molecule has 28 heavy (non-hydrogen) atoms. The first kappa shape index (κ1) is 18.3. The summed E-state index contributed by atoms with van der Waals surface area (Å²) in [6, 6.07) is 16.9. The van der Waals surface area contributed by atoms with Gasteiger partial charge in [0.2, 0.25) is 0 Å². The molecule has 0 unspecified atom stereocenters. The fourth-order valence-corrected chi connectivity index (χ4v) is 4.39. The van der Waals surface area contributed by atoms with E-state index in [0.29, 0.717) is 10.5 Å². The van der Waals surface area contributed by atoms with Gasteiger partial charge in [0.25, 0.3) is 5.91 Å². The maximum atomic E-state index is 13.0. The van der Waals surface area contributed by atoms with E-state index in [-0.39, 0.29) is 4.32 Å². The lowest BCUT2D eigenvalue weighted by molar-refractivity contribution is -0.145. The van der Waals surface area contributed by atoms with E-state index < -0.39 is 17.9 Å². The molecule has 1 atom stereocenters. The van der Waals surface area contributed by atoms with Crippen LogP contribution in [0.2, 0.25) is 0 Å². The van der Waals surface area contributed by atoms with Gasteiger partial charge in [-0.05, 0) is 35.4 Å². The number of fused-ring (bicyclic) bond motifs is 1. The number of nitrogens with zero attached hydrogens (tertiary/aromatic N) is 2. The van der Waals surface area contributed by atoms with Gasteiger partial charge in [-0.3, -0.25) is 14.7 Å². The first-order valence-corrected chi connectivity index (χ1v) is 9.66. The van der Waals surface area contributed by atoms with E-state index >= 15 is 0 Å². The number of rotatable bonds is 4. The maximum Gasteiger partial charge on any atom is 0.331 e. The molecule has 1 amide bonds. The van der Waals surface area contributed by atoms with Crippen LogP contribution in [0.15, 0.2) is 71.8 Å². The molecule has 1 saturated heterocycles. The van der Waals surface area contributed by atoms with Crippen molar-refractivity contribution in [3.05, 3.63) is 82.9 Å². The van der Waals surface area contributed by atoms with Gasteiger partial charge in [0.1, 0.15) is 4.32 Å². The highest BCUT2D eigenvalue weighted by molar-refractivity contribution is 8.26. The van der Waals surface area contributed by atoms with Crippen LogP contribution < -0.4 is 0 Å². The van der Waals surface area contributed by atoms with E-state index in [2.05, 4.69) is 4.98 Å². The third kappa shape index (κ3) is 3.42. The Morgan fingerprint density at radius 3 is 2.68 bits per heavy atom. The van der Waals surface area contributed by atoms with E-state index in [0.717, 1.165) is 28.2 Å². The van der Waals surface area contributed by atoms with Crippen LogP contribution in [0.1, 0.15) is 17.2 Å². The van der Waals surface area contributed by atoms with Crippen LogP contribution in [0, 0.1) is 0 Å². The number of carboxylic acids is 1. The molecule has 0 saturated carbocycles. The number of benzene rings is 2. The van der Waals surface area contributed by atoms with Crippen LogP contribution in [0.25, 0.3) is 17.0 Å². The van der Waals surface area contributed by atoms with Crippen molar-refractivity contribution in [1.29, 1.82) is 0 Å². The van der Waals surface area contributed by atoms with Crippen LogP contribution in [0.5, 0.6) is 0 Å². The van der Waals surface area contributed by atoms with E-state index in [1.54, 1.807) is 42.6 Å². The average Bonchev–Trinajstić information content (AvgIpc) is 2.96. The summed E-state index contributed by atoms with van der Waals surface area (Å²) in [5, 5.41) is 10.7. The second kappa shape index (κ2) is 7.53. The van der Waals surface area contributed by atoms with Crippen molar-refractivity contribution < 1.29 is 14.7 Å². The van der Waals surface area contributed by atoms with Crippen LogP contribution in [0.4, 0.5) is 0 Å².